The monoisotopic (exact) mass is 271 g/mol. The molecule has 0 spiro atoms. The molecule has 2 unspecified atom stereocenters. The molecule has 1 N–H and O–H groups in total. The maximum absolute atomic E-state index is 11.8. The van der Waals surface area contributed by atoms with E-state index in [1.165, 1.54) is 26.5 Å². The summed E-state index contributed by atoms with van der Waals surface area (Å²) in [5, 5.41) is 3.27. The van der Waals surface area contributed by atoms with Crippen molar-refractivity contribution in [2.45, 2.75) is 44.8 Å². The number of rotatable bonds is 7. The van der Waals surface area contributed by atoms with Crippen LogP contribution in [-0.4, -0.2) is 74.7 Å². The predicted molar refractivity (Wildman–Crippen MR) is 77.2 cm³/mol. The maximum atomic E-state index is 11.8. The van der Waals surface area contributed by atoms with Gasteiger partial charge in [-0.05, 0) is 33.5 Å². The van der Waals surface area contributed by atoms with Crippen LogP contribution in [0, 0.1) is 0 Å². The number of nitrogens with zero attached hydrogens (tertiary/aromatic N) is 2. The van der Waals surface area contributed by atoms with Crippen LogP contribution in [0.15, 0.2) is 0 Å². The standard InChI is InChI=1S/C14H29N3O2/c1-11(2)15-13(14(18)19-5)10-16(3)9-12-7-6-8-17(12)4/h11-13,15H,6-10H2,1-5H3. The van der Waals surface area contributed by atoms with E-state index in [2.05, 4.69) is 29.2 Å². The summed E-state index contributed by atoms with van der Waals surface area (Å²) in [7, 11) is 5.70. The Labute approximate surface area is 117 Å². The number of hydrogen-bond acceptors (Lipinski definition) is 5. The molecule has 112 valence electrons. The van der Waals surface area contributed by atoms with Gasteiger partial charge in [-0.3, -0.25) is 4.79 Å². The largest absolute Gasteiger partial charge is 0.468 e. The van der Waals surface area contributed by atoms with Crippen molar-refractivity contribution in [1.82, 2.24) is 15.1 Å². The first-order chi connectivity index (χ1) is 8.93. The number of carbonyl (C=O) groups is 1. The zero-order chi connectivity index (χ0) is 14.4. The van der Waals surface area contributed by atoms with Crippen LogP contribution < -0.4 is 5.32 Å². The van der Waals surface area contributed by atoms with E-state index in [4.69, 9.17) is 4.74 Å². The van der Waals surface area contributed by atoms with Gasteiger partial charge in [0.1, 0.15) is 6.04 Å². The average Bonchev–Trinajstić information content (AvgIpc) is 2.72. The molecule has 0 aliphatic carbocycles. The summed E-state index contributed by atoms with van der Waals surface area (Å²) in [5.74, 6) is -0.180. The molecule has 1 aliphatic rings. The van der Waals surface area contributed by atoms with Gasteiger partial charge in [0.05, 0.1) is 7.11 Å². The van der Waals surface area contributed by atoms with Crippen molar-refractivity contribution in [1.29, 1.82) is 0 Å². The summed E-state index contributed by atoms with van der Waals surface area (Å²) in [6.07, 6.45) is 2.53. The zero-order valence-corrected chi connectivity index (χ0v) is 13.0. The molecule has 1 heterocycles. The molecule has 0 aromatic heterocycles. The Morgan fingerprint density at radius 1 is 1.53 bits per heavy atom. The third-order valence-electron chi connectivity index (χ3n) is 3.71. The number of carbonyl (C=O) groups excluding carboxylic acids is 1. The van der Waals surface area contributed by atoms with E-state index in [1.807, 2.05) is 13.8 Å². The highest BCUT2D eigenvalue weighted by Gasteiger charge is 2.25. The van der Waals surface area contributed by atoms with Crippen LogP contribution in [0.2, 0.25) is 0 Å². The summed E-state index contributed by atoms with van der Waals surface area (Å²) in [6, 6.07) is 0.635. The summed E-state index contributed by atoms with van der Waals surface area (Å²) >= 11 is 0. The summed E-state index contributed by atoms with van der Waals surface area (Å²) < 4.78 is 4.87. The van der Waals surface area contributed by atoms with Crippen molar-refractivity contribution < 1.29 is 9.53 Å². The number of ether oxygens (including phenoxy) is 1. The number of likely N-dealkylation sites (tertiary alicyclic amines) is 1. The van der Waals surface area contributed by atoms with Crippen molar-refractivity contribution >= 4 is 5.97 Å². The minimum absolute atomic E-state index is 0.180. The quantitative estimate of drug-likeness (QED) is 0.685. The van der Waals surface area contributed by atoms with Crippen LogP contribution in [0.4, 0.5) is 0 Å². The molecule has 0 amide bonds. The lowest BCUT2D eigenvalue weighted by Gasteiger charge is -2.29. The highest BCUT2D eigenvalue weighted by atomic mass is 16.5. The van der Waals surface area contributed by atoms with Gasteiger partial charge in [-0.2, -0.15) is 0 Å². The van der Waals surface area contributed by atoms with E-state index in [0.29, 0.717) is 12.6 Å². The Hall–Kier alpha value is -0.650. The fraction of sp³-hybridized carbons (Fsp3) is 0.929. The summed E-state index contributed by atoms with van der Waals surface area (Å²) in [4.78, 5) is 16.4. The molecule has 2 atom stereocenters. The highest BCUT2D eigenvalue weighted by molar-refractivity contribution is 5.75. The molecule has 0 bridgehead atoms. The number of esters is 1. The van der Waals surface area contributed by atoms with E-state index in [9.17, 15) is 4.79 Å². The minimum Gasteiger partial charge on any atom is -0.468 e. The molecule has 0 aromatic carbocycles. The second-order valence-corrected chi connectivity index (χ2v) is 5.89. The van der Waals surface area contributed by atoms with Gasteiger partial charge in [0, 0.05) is 25.2 Å². The smallest absolute Gasteiger partial charge is 0.324 e. The molecule has 0 aromatic rings. The van der Waals surface area contributed by atoms with Crippen molar-refractivity contribution in [2.75, 3.05) is 40.8 Å². The van der Waals surface area contributed by atoms with Crippen molar-refractivity contribution in [3.05, 3.63) is 0 Å². The van der Waals surface area contributed by atoms with E-state index >= 15 is 0 Å². The van der Waals surface area contributed by atoms with Gasteiger partial charge in [-0.1, -0.05) is 13.8 Å². The van der Waals surface area contributed by atoms with Gasteiger partial charge in [0.15, 0.2) is 0 Å². The summed E-state index contributed by atoms with van der Waals surface area (Å²) in [5.41, 5.74) is 0. The lowest BCUT2D eigenvalue weighted by Crippen LogP contribution is -2.50. The normalized spacial score (nSPS) is 22.2. The van der Waals surface area contributed by atoms with E-state index in [1.54, 1.807) is 0 Å². The fourth-order valence-corrected chi connectivity index (χ4v) is 2.70. The van der Waals surface area contributed by atoms with Crippen molar-refractivity contribution in [3.63, 3.8) is 0 Å². The fourth-order valence-electron chi connectivity index (χ4n) is 2.70. The third kappa shape index (κ3) is 5.47. The first-order valence-corrected chi connectivity index (χ1v) is 7.16. The van der Waals surface area contributed by atoms with Gasteiger partial charge < -0.3 is 19.9 Å². The Kier molecular flexibility index (Phi) is 6.75. The molecule has 1 aliphatic heterocycles. The zero-order valence-electron chi connectivity index (χ0n) is 13.0. The van der Waals surface area contributed by atoms with Gasteiger partial charge in [-0.15, -0.1) is 0 Å². The van der Waals surface area contributed by atoms with E-state index in [0.717, 1.165) is 6.54 Å². The molecule has 0 saturated carbocycles. The molecule has 19 heavy (non-hydrogen) atoms. The van der Waals surface area contributed by atoms with Gasteiger partial charge in [0.25, 0.3) is 0 Å². The van der Waals surface area contributed by atoms with Crippen LogP contribution >= 0.6 is 0 Å². The third-order valence-corrected chi connectivity index (χ3v) is 3.71. The number of nitrogens with one attached hydrogen (secondary N) is 1. The first kappa shape index (κ1) is 16.4. The Morgan fingerprint density at radius 2 is 2.21 bits per heavy atom. The maximum Gasteiger partial charge on any atom is 0.324 e. The van der Waals surface area contributed by atoms with Crippen molar-refractivity contribution in [2.24, 2.45) is 0 Å². The molecule has 5 heteroatoms. The molecule has 1 fully saturated rings. The lowest BCUT2D eigenvalue weighted by molar-refractivity contribution is -0.143. The van der Waals surface area contributed by atoms with Crippen LogP contribution in [0.5, 0.6) is 0 Å². The molecule has 1 rings (SSSR count). The molecular weight excluding hydrogens is 242 g/mol. The highest BCUT2D eigenvalue weighted by Crippen LogP contribution is 2.15. The SMILES string of the molecule is COC(=O)C(CN(C)CC1CCCN1C)NC(C)C. The van der Waals surface area contributed by atoms with Gasteiger partial charge in [0.2, 0.25) is 0 Å². The minimum atomic E-state index is -0.248. The van der Waals surface area contributed by atoms with Crippen molar-refractivity contribution in [3.8, 4) is 0 Å². The molecule has 5 nitrogen and oxygen atoms in total. The topological polar surface area (TPSA) is 44.8 Å². The van der Waals surface area contributed by atoms with Crippen LogP contribution in [0.3, 0.4) is 0 Å². The Morgan fingerprint density at radius 3 is 2.68 bits per heavy atom. The molecule has 1 saturated heterocycles. The van der Waals surface area contributed by atoms with Gasteiger partial charge >= 0.3 is 5.97 Å². The second kappa shape index (κ2) is 7.82. The lowest BCUT2D eigenvalue weighted by atomic mass is 10.2. The average molecular weight is 271 g/mol. The first-order valence-electron chi connectivity index (χ1n) is 7.16. The van der Waals surface area contributed by atoms with Gasteiger partial charge in [-0.25, -0.2) is 0 Å². The van der Waals surface area contributed by atoms with Crippen LogP contribution in [0.1, 0.15) is 26.7 Å². The van der Waals surface area contributed by atoms with E-state index < -0.39 is 0 Å². The molecule has 0 radical (unpaired) electrons. The van der Waals surface area contributed by atoms with E-state index in [-0.39, 0.29) is 18.1 Å². The Bertz CT molecular complexity index is 284. The predicted octanol–water partition coefficient (Wildman–Crippen LogP) is 0.552. The Balaban J connectivity index is 2.45. The van der Waals surface area contributed by atoms with Crippen LogP contribution in [-0.2, 0) is 9.53 Å². The number of likely N-dealkylation sites (N-methyl/N-ethyl adjacent to an activating group) is 2. The second-order valence-electron chi connectivity index (χ2n) is 5.89. The van der Waals surface area contributed by atoms with Crippen LogP contribution in [0.25, 0.3) is 0 Å². The number of methoxy groups -OCH3 is 1. The summed E-state index contributed by atoms with van der Waals surface area (Å²) in [6.45, 7) is 6.96. The molecular formula is C14H29N3O2. The number of hydrogen-bond donors (Lipinski definition) is 1.